The molecule has 0 aliphatic rings. The van der Waals surface area contributed by atoms with Crippen molar-refractivity contribution in [2.24, 2.45) is 5.73 Å². The van der Waals surface area contributed by atoms with Gasteiger partial charge < -0.3 is 15.9 Å². The Bertz CT molecular complexity index is 139. The number of rotatable bonds is 2. The maximum Gasteiger partial charge on any atom is 0.335 e. The molecule has 5 nitrogen and oxygen atoms in total. The Morgan fingerprint density at radius 1 is 1.30 bits per heavy atom. The van der Waals surface area contributed by atoms with E-state index in [1.807, 2.05) is 0 Å². The van der Waals surface area contributed by atoms with Crippen LogP contribution in [0.15, 0.2) is 0 Å². The van der Waals surface area contributed by atoms with Crippen LogP contribution in [0.4, 0.5) is 0 Å². The van der Waals surface area contributed by atoms with Gasteiger partial charge >= 0.3 is 11.9 Å². The van der Waals surface area contributed by atoms with Gasteiger partial charge in [0.15, 0.2) is 0 Å². The van der Waals surface area contributed by atoms with E-state index in [4.69, 9.17) is 15.9 Å². The van der Waals surface area contributed by atoms with Crippen LogP contribution in [0.1, 0.15) is 6.92 Å². The minimum atomic E-state index is -2.17. The van der Waals surface area contributed by atoms with Crippen LogP contribution in [-0.4, -0.2) is 27.7 Å². The van der Waals surface area contributed by atoms with Crippen LogP contribution in [0.3, 0.4) is 0 Å². The number of carboxylic acid groups (broad SMARTS) is 2. The molecule has 0 amide bonds. The number of aliphatic carboxylic acids is 2. The van der Waals surface area contributed by atoms with E-state index in [2.05, 4.69) is 0 Å². The molecule has 0 atom stereocenters. The summed E-state index contributed by atoms with van der Waals surface area (Å²) in [6.07, 6.45) is 0. The van der Waals surface area contributed by atoms with Gasteiger partial charge in [-0.1, -0.05) is 0 Å². The first-order valence-electron chi connectivity index (χ1n) is 2.14. The molecule has 60 valence electrons. The quantitative estimate of drug-likeness (QED) is 0.475. The van der Waals surface area contributed by atoms with Crippen molar-refractivity contribution >= 4 is 24.3 Å². The Labute approximate surface area is 63.2 Å². The van der Waals surface area contributed by atoms with Gasteiger partial charge in [-0.15, -0.1) is 12.4 Å². The van der Waals surface area contributed by atoms with E-state index in [9.17, 15) is 9.59 Å². The third-order valence-corrected chi connectivity index (χ3v) is 0.889. The molecule has 0 saturated carbocycles. The van der Waals surface area contributed by atoms with Crippen LogP contribution in [0.2, 0.25) is 0 Å². The maximum absolute atomic E-state index is 9.96. The van der Waals surface area contributed by atoms with Gasteiger partial charge in [0.25, 0.3) is 0 Å². The first kappa shape index (κ1) is 11.9. The minimum absolute atomic E-state index is 0. The normalized spacial score (nSPS) is 9.80. The van der Waals surface area contributed by atoms with E-state index < -0.39 is 17.5 Å². The lowest BCUT2D eigenvalue weighted by Crippen LogP contribution is -2.52. The zero-order valence-corrected chi connectivity index (χ0v) is 6.01. The highest BCUT2D eigenvalue weighted by molar-refractivity contribution is 6.02. The molecular formula is C4H8ClNO4. The molecule has 0 aromatic carbocycles. The number of carboxylic acids is 2. The highest BCUT2D eigenvalue weighted by atomic mass is 35.5. The van der Waals surface area contributed by atoms with Crippen molar-refractivity contribution in [3.63, 3.8) is 0 Å². The van der Waals surface area contributed by atoms with E-state index in [-0.39, 0.29) is 12.4 Å². The third-order valence-electron chi connectivity index (χ3n) is 0.889. The summed E-state index contributed by atoms with van der Waals surface area (Å²) in [5.41, 5.74) is 2.64. The first-order valence-corrected chi connectivity index (χ1v) is 2.14. The van der Waals surface area contributed by atoms with Crippen molar-refractivity contribution in [2.45, 2.75) is 12.5 Å². The molecule has 0 bridgehead atoms. The van der Waals surface area contributed by atoms with Gasteiger partial charge in [0.05, 0.1) is 0 Å². The van der Waals surface area contributed by atoms with E-state index in [0.29, 0.717) is 0 Å². The van der Waals surface area contributed by atoms with Crippen molar-refractivity contribution in [3.05, 3.63) is 0 Å². The average molecular weight is 170 g/mol. The van der Waals surface area contributed by atoms with Crippen LogP contribution in [0.25, 0.3) is 0 Å². The van der Waals surface area contributed by atoms with Crippen molar-refractivity contribution in [1.82, 2.24) is 0 Å². The number of carbonyl (C=O) groups is 2. The van der Waals surface area contributed by atoms with Crippen molar-refractivity contribution in [2.75, 3.05) is 0 Å². The topological polar surface area (TPSA) is 101 Å². The fraction of sp³-hybridized carbons (Fsp3) is 0.500. The summed E-state index contributed by atoms with van der Waals surface area (Å²) >= 11 is 0. The van der Waals surface area contributed by atoms with Crippen molar-refractivity contribution < 1.29 is 19.8 Å². The Morgan fingerprint density at radius 3 is 1.50 bits per heavy atom. The zero-order chi connectivity index (χ0) is 7.65. The molecule has 0 spiro atoms. The molecule has 0 rings (SSSR count). The van der Waals surface area contributed by atoms with E-state index in [1.165, 1.54) is 0 Å². The van der Waals surface area contributed by atoms with E-state index in [0.717, 1.165) is 6.92 Å². The van der Waals surface area contributed by atoms with E-state index in [1.54, 1.807) is 0 Å². The molecule has 6 heteroatoms. The lowest BCUT2D eigenvalue weighted by molar-refractivity contribution is -0.155. The fourth-order valence-electron chi connectivity index (χ4n) is 0.0915. The van der Waals surface area contributed by atoms with Crippen molar-refractivity contribution in [3.8, 4) is 0 Å². The Balaban J connectivity index is 0. The Hall–Kier alpha value is -0.810. The lowest BCUT2D eigenvalue weighted by atomic mass is 10.1. The summed E-state index contributed by atoms with van der Waals surface area (Å²) in [5.74, 6) is -3.09. The van der Waals surface area contributed by atoms with Crippen LogP contribution >= 0.6 is 12.4 Å². The van der Waals surface area contributed by atoms with Gasteiger partial charge in [-0.2, -0.15) is 0 Å². The molecule has 0 heterocycles. The Kier molecular flexibility index (Phi) is 4.03. The van der Waals surface area contributed by atoms with Gasteiger partial charge in [-0.3, -0.25) is 0 Å². The summed E-state index contributed by atoms with van der Waals surface area (Å²) in [6.45, 7) is 0.914. The molecule has 4 N–H and O–H groups in total. The molecule has 0 aromatic rings. The molecular weight excluding hydrogens is 161 g/mol. The zero-order valence-electron chi connectivity index (χ0n) is 5.20. The van der Waals surface area contributed by atoms with Crippen LogP contribution in [0.5, 0.6) is 0 Å². The molecule has 0 radical (unpaired) electrons. The summed E-state index contributed by atoms with van der Waals surface area (Å²) in [4.78, 5) is 19.9. The average Bonchev–Trinajstić information content (AvgIpc) is 1.65. The third kappa shape index (κ3) is 2.20. The maximum atomic E-state index is 9.96. The van der Waals surface area contributed by atoms with Gasteiger partial charge in [0.1, 0.15) is 0 Å². The Morgan fingerprint density at radius 2 is 1.50 bits per heavy atom. The van der Waals surface area contributed by atoms with Crippen molar-refractivity contribution in [1.29, 1.82) is 0 Å². The van der Waals surface area contributed by atoms with Crippen LogP contribution < -0.4 is 5.73 Å². The van der Waals surface area contributed by atoms with Gasteiger partial charge in [0.2, 0.25) is 5.54 Å². The minimum Gasteiger partial charge on any atom is -0.479 e. The smallest absolute Gasteiger partial charge is 0.335 e. The summed E-state index contributed by atoms with van der Waals surface area (Å²) in [7, 11) is 0. The summed E-state index contributed by atoms with van der Waals surface area (Å²) in [6, 6.07) is 0. The molecule has 10 heavy (non-hydrogen) atoms. The molecule has 0 fully saturated rings. The second kappa shape index (κ2) is 3.38. The molecule has 0 aromatic heterocycles. The van der Waals surface area contributed by atoms with Gasteiger partial charge in [-0.25, -0.2) is 9.59 Å². The number of nitrogens with two attached hydrogens (primary N) is 1. The van der Waals surface area contributed by atoms with E-state index >= 15 is 0 Å². The number of hydrogen-bond acceptors (Lipinski definition) is 3. The summed E-state index contributed by atoms with van der Waals surface area (Å²) < 4.78 is 0. The largest absolute Gasteiger partial charge is 0.479 e. The first-order chi connectivity index (χ1) is 3.89. The number of halogens is 1. The highest BCUT2D eigenvalue weighted by Gasteiger charge is 2.36. The van der Waals surface area contributed by atoms with Crippen LogP contribution in [-0.2, 0) is 9.59 Å². The predicted octanol–water partition coefficient (Wildman–Crippen LogP) is -0.705. The highest BCUT2D eigenvalue weighted by Crippen LogP contribution is 1.97. The van der Waals surface area contributed by atoms with Gasteiger partial charge in [-0.05, 0) is 6.92 Å². The SMILES string of the molecule is CC(N)(C(=O)O)C(=O)O.Cl. The standard InChI is InChI=1S/C4H7NO4.ClH/c1-4(5,2(6)7)3(8)9;/h5H2,1H3,(H,6,7)(H,8,9);1H. The second-order valence-corrected chi connectivity index (χ2v) is 1.81. The fourth-order valence-corrected chi connectivity index (χ4v) is 0.0915. The monoisotopic (exact) mass is 169 g/mol. The molecule has 0 unspecified atom stereocenters. The van der Waals surface area contributed by atoms with Crippen LogP contribution in [0, 0.1) is 0 Å². The lowest BCUT2D eigenvalue weighted by Gasteiger charge is -2.11. The number of hydrogen-bond donors (Lipinski definition) is 3. The van der Waals surface area contributed by atoms with Gasteiger partial charge in [0, 0.05) is 0 Å². The predicted molar refractivity (Wildman–Crippen MR) is 35.1 cm³/mol. The molecule has 0 aliphatic carbocycles. The second-order valence-electron chi connectivity index (χ2n) is 1.81. The summed E-state index contributed by atoms with van der Waals surface area (Å²) in [5, 5.41) is 16.2. The molecule has 0 saturated heterocycles. The molecule has 0 aliphatic heterocycles.